The molecule has 0 spiro atoms. The molecule has 0 bridgehead atoms. The fourth-order valence-electron chi connectivity index (χ4n) is 5.33. The van der Waals surface area contributed by atoms with Crippen LogP contribution in [0, 0.1) is 11.8 Å². The molecule has 4 rings (SSSR count). The van der Waals surface area contributed by atoms with Crippen LogP contribution in [0.15, 0.2) is 24.8 Å². The van der Waals surface area contributed by atoms with Crippen molar-refractivity contribution in [2.75, 3.05) is 0 Å². The van der Waals surface area contributed by atoms with Gasteiger partial charge in [0.1, 0.15) is 0 Å². The lowest BCUT2D eigenvalue weighted by Gasteiger charge is -2.21. The maximum absolute atomic E-state index is 12.5. The molecule has 0 N–H and O–H groups in total. The first kappa shape index (κ1) is 24.5. The highest BCUT2D eigenvalue weighted by Crippen LogP contribution is 2.26. The Morgan fingerprint density at radius 3 is 1.38 bits per heavy atom. The van der Waals surface area contributed by atoms with E-state index in [0.717, 1.165) is 38.8 Å². The molecule has 0 saturated heterocycles. The van der Waals surface area contributed by atoms with E-state index in [-0.39, 0.29) is 12.0 Å². The van der Waals surface area contributed by atoms with Gasteiger partial charge in [0, 0.05) is 37.9 Å². The van der Waals surface area contributed by atoms with Crippen LogP contribution >= 0.6 is 0 Å². The number of hydrogen-bond donors (Lipinski definition) is 0. The Bertz CT molecular complexity index is 831. The van der Waals surface area contributed by atoms with Gasteiger partial charge in [-0.2, -0.15) is 0 Å². The number of aromatic nitrogens is 4. The third-order valence-corrected chi connectivity index (χ3v) is 7.25. The zero-order chi connectivity index (χ0) is 23.6. The van der Waals surface area contributed by atoms with Crippen molar-refractivity contribution in [3.05, 3.63) is 24.8 Å². The van der Waals surface area contributed by atoms with Gasteiger partial charge in [-0.25, -0.2) is 19.6 Å². The van der Waals surface area contributed by atoms with Crippen molar-refractivity contribution >= 4 is 11.9 Å². The molecule has 2 aliphatic carbocycles. The summed E-state index contributed by atoms with van der Waals surface area (Å²) in [5.74, 6) is -1.10. The van der Waals surface area contributed by atoms with Gasteiger partial charge in [-0.05, 0) is 37.5 Å². The van der Waals surface area contributed by atoms with E-state index >= 15 is 0 Å². The molecule has 34 heavy (non-hydrogen) atoms. The molecule has 2 saturated carbocycles. The molecule has 0 radical (unpaired) electrons. The lowest BCUT2D eigenvalue weighted by Crippen LogP contribution is -2.28. The van der Waals surface area contributed by atoms with Gasteiger partial charge < -0.3 is 18.6 Å². The molecule has 186 valence electrons. The molecule has 8 nitrogen and oxygen atoms in total. The first-order valence-corrected chi connectivity index (χ1v) is 13.2. The minimum atomic E-state index is -1.08. The average molecular weight is 471 g/mol. The van der Waals surface area contributed by atoms with Crippen LogP contribution in [0.2, 0.25) is 0 Å². The summed E-state index contributed by atoms with van der Waals surface area (Å²) in [4.78, 5) is 33.3. The summed E-state index contributed by atoms with van der Waals surface area (Å²) in [5, 5.41) is 0. The summed E-state index contributed by atoms with van der Waals surface area (Å²) >= 11 is 0. The van der Waals surface area contributed by atoms with E-state index in [1.165, 1.54) is 64.2 Å². The van der Waals surface area contributed by atoms with Crippen LogP contribution < -0.4 is 9.47 Å². The van der Waals surface area contributed by atoms with Crippen LogP contribution in [0.3, 0.4) is 0 Å². The monoisotopic (exact) mass is 470 g/mol. The van der Waals surface area contributed by atoms with Gasteiger partial charge in [-0.15, -0.1) is 0 Å². The van der Waals surface area contributed by atoms with Gasteiger partial charge >= 0.3 is 24.0 Å². The zero-order valence-electron chi connectivity index (χ0n) is 20.2. The number of ether oxygens (including phenoxy) is 2. The van der Waals surface area contributed by atoms with Crippen molar-refractivity contribution in [2.45, 2.75) is 103 Å². The van der Waals surface area contributed by atoms with E-state index in [9.17, 15) is 9.59 Å². The van der Waals surface area contributed by atoms with Gasteiger partial charge in [-0.3, -0.25) is 0 Å². The SMILES string of the molecule is O=C(Oc1nccn1CC1CCCCCCC1)C(=O)Oc1nccn1CC1CCCCCCC1. The first-order chi connectivity index (χ1) is 16.7. The zero-order valence-corrected chi connectivity index (χ0v) is 20.2. The van der Waals surface area contributed by atoms with Crippen molar-refractivity contribution in [1.82, 2.24) is 19.1 Å². The minimum absolute atomic E-state index is 0.141. The Morgan fingerprint density at radius 1 is 0.647 bits per heavy atom. The van der Waals surface area contributed by atoms with Crippen molar-refractivity contribution in [2.24, 2.45) is 11.8 Å². The number of esters is 2. The second-order valence-corrected chi connectivity index (χ2v) is 9.93. The van der Waals surface area contributed by atoms with Crippen molar-refractivity contribution in [1.29, 1.82) is 0 Å². The fourth-order valence-corrected chi connectivity index (χ4v) is 5.33. The van der Waals surface area contributed by atoms with Gasteiger partial charge in [-0.1, -0.05) is 64.2 Å². The summed E-state index contributed by atoms with van der Waals surface area (Å²) < 4.78 is 14.3. The molecule has 2 aliphatic rings. The smallest absolute Gasteiger partial charge is 0.383 e. The quantitative estimate of drug-likeness (QED) is 0.420. The van der Waals surface area contributed by atoms with Gasteiger partial charge in [0.25, 0.3) is 0 Å². The van der Waals surface area contributed by atoms with Gasteiger partial charge in [0.05, 0.1) is 0 Å². The lowest BCUT2D eigenvalue weighted by atomic mass is 9.91. The van der Waals surface area contributed by atoms with Crippen LogP contribution in [0.4, 0.5) is 0 Å². The van der Waals surface area contributed by atoms with Gasteiger partial charge in [0.2, 0.25) is 0 Å². The highest BCUT2D eigenvalue weighted by atomic mass is 16.6. The summed E-state index contributed by atoms with van der Waals surface area (Å²) in [7, 11) is 0. The highest BCUT2D eigenvalue weighted by molar-refractivity contribution is 6.30. The molecular weight excluding hydrogens is 432 g/mol. The van der Waals surface area contributed by atoms with Crippen molar-refractivity contribution in [3.63, 3.8) is 0 Å². The number of carbonyl (C=O) groups is 2. The number of hydrogen-bond acceptors (Lipinski definition) is 6. The number of nitrogens with zero attached hydrogens (tertiary/aromatic N) is 4. The average Bonchev–Trinajstić information content (AvgIpc) is 3.41. The molecule has 0 unspecified atom stereocenters. The Balaban J connectivity index is 1.31. The Morgan fingerprint density at radius 2 is 1.00 bits per heavy atom. The number of rotatable bonds is 6. The normalized spacial score (nSPS) is 18.9. The van der Waals surface area contributed by atoms with E-state index in [2.05, 4.69) is 9.97 Å². The first-order valence-electron chi connectivity index (χ1n) is 13.2. The molecule has 0 aliphatic heterocycles. The van der Waals surface area contributed by atoms with E-state index in [1.54, 1.807) is 24.8 Å². The predicted octanol–water partition coefficient (Wildman–Crippen LogP) is 5.31. The van der Waals surface area contributed by atoms with Crippen LogP contribution in [-0.2, 0) is 22.7 Å². The van der Waals surface area contributed by atoms with E-state index in [0.29, 0.717) is 11.8 Å². The Hall–Kier alpha value is -2.64. The van der Waals surface area contributed by atoms with Crippen LogP contribution in [-0.4, -0.2) is 31.0 Å². The summed E-state index contributed by atoms with van der Waals surface area (Å²) in [6.45, 7) is 1.48. The van der Waals surface area contributed by atoms with Crippen molar-refractivity contribution < 1.29 is 19.1 Å². The van der Waals surface area contributed by atoms with Gasteiger partial charge in [0.15, 0.2) is 0 Å². The third kappa shape index (κ3) is 7.18. The topological polar surface area (TPSA) is 88.2 Å². The second-order valence-electron chi connectivity index (χ2n) is 9.93. The Kier molecular flexibility index (Phi) is 9.16. The molecule has 0 aromatic carbocycles. The van der Waals surface area contributed by atoms with Crippen LogP contribution in [0.1, 0.15) is 89.9 Å². The molecule has 2 fully saturated rings. The number of imidazole rings is 2. The van der Waals surface area contributed by atoms with E-state index in [4.69, 9.17) is 9.47 Å². The molecule has 2 aromatic rings. The lowest BCUT2D eigenvalue weighted by molar-refractivity contribution is -0.157. The second kappa shape index (κ2) is 12.7. The fraction of sp³-hybridized carbons (Fsp3) is 0.692. The van der Waals surface area contributed by atoms with E-state index < -0.39 is 11.9 Å². The molecule has 2 heterocycles. The minimum Gasteiger partial charge on any atom is -0.383 e. The molecule has 8 heteroatoms. The molecule has 2 aromatic heterocycles. The van der Waals surface area contributed by atoms with Crippen LogP contribution in [0.25, 0.3) is 0 Å². The predicted molar refractivity (Wildman–Crippen MR) is 127 cm³/mol. The Labute approximate surface area is 202 Å². The number of carbonyl (C=O) groups excluding carboxylic acids is 2. The summed E-state index contributed by atoms with van der Waals surface area (Å²) in [5.41, 5.74) is 0. The third-order valence-electron chi connectivity index (χ3n) is 7.25. The van der Waals surface area contributed by atoms with E-state index in [1.807, 2.05) is 9.13 Å². The summed E-state index contributed by atoms with van der Waals surface area (Å²) in [6, 6.07) is 0.281. The standard InChI is InChI=1S/C26H38N4O4/c31-23(33-25-27-15-17-29(25)19-21-11-7-3-1-4-8-12-21)24(32)34-26-28-16-18-30(26)20-22-13-9-5-2-6-10-14-22/h15-18,21-22H,1-14,19-20H2. The molecular formula is C26H38N4O4. The molecule has 0 atom stereocenters. The molecule has 0 amide bonds. The van der Waals surface area contributed by atoms with Crippen LogP contribution in [0.5, 0.6) is 12.0 Å². The maximum Gasteiger partial charge on any atom is 0.425 e. The largest absolute Gasteiger partial charge is 0.425 e. The highest BCUT2D eigenvalue weighted by Gasteiger charge is 2.25. The summed E-state index contributed by atoms with van der Waals surface area (Å²) in [6.07, 6.45) is 24.1. The van der Waals surface area contributed by atoms with Crippen molar-refractivity contribution in [3.8, 4) is 12.0 Å². The maximum atomic E-state index is 12.5.